The Bertz CT molecular complexity index is 867. The van der Waals surface area contributed by atoms with Crippen LogP contribution in [0.5, 0.6) is 0 Å². The second-order valence-corrected chi connectivity index (χ2v) is 8.46. The van der Waals surface area contributed by atoms with Crippen LogP contribution >= 0.6 is 11.3 Å². The third-order valence-corrected chi connectivity index (χ3v) is 5.20. The highest BCUT2D eigenvalue weighted by Gasteiger charge is 2.28. The van der Waals surface area contributed by atoms with Crippen molar-refractivity contribution in [2.75, 3.05) is 6.54 Å². The summed E-state index contributed by atoms with van der Waals surface area (Å²) in [6, 6.07) is 5.05. The van der Waals surface area contributed by atoms with E-state index in [4.69, 9.17) is 14.8 Å². The third-order valence-electron chi connectivity index (χ3n) is 4.09. The summed E-state index contributed by atoms with van der Waals surface area (Å²) in [5.74, 6) is -0.939. The van der Waals surface area contributed by atoms with Crippen LogP contribution in [0.1, 0.15) is 47.3 Å². The van der Waals surface area contributed by atoms with Crippen molar-refractivity contribution in [1.29, 1.82) is 0 Å². The normalized spacial score (nSPS) is 14.1. The van der Waals surface area contributed by atoms with Gasteiger partial charge in [0.1, 0.15) is 10.6 Å². The molecule has 26 heavy (non-hydrogen) atoms. The number of benzene rings is 1. The van der Waals surface area contributed by atoms with E-state index in [1.54, 1.807) is 34.4 Å². The van der Waals surface area contributed by atoms with Crippen LogP contribution in [0.15, 0.2) is 18.2 Å². The maximum absolute atomic E-state index is 12.3. The van der Waals surface area contributed by atoms with E-state index >= 15 is 0 Å². The van der Waals surface area contributed by atoms with Crippen LogP contribution in [0.4, 0.5) is 4.79 Å². The van der Waals surface area contributed by atoms with Crippen molar-refractivity contribution in [2.24, 2.45) is 0 Å². The highest BCUT2D eigenvalue weighted by Crippen LogP contribution is 2.34. The number of nitrogens with zero attached hydrogens (tertiary/aromatic N) is 2. The number of amides is 1. The Morgan fingerprint density at radius 3 is 2.65 bits per heavy atom. The Morgan fingerprint density at radius 1 is 1.31 bits per heavy atom. The van der Waals surface area contributed by atoms with E-state index in [9.17, 15) is 9.59 Å². The molecule has 138 valence electrons. The molecule has 0 aliphatic carbocycles. The Kier molecular flexibility index (Phi) is 4.75. The van der Waals surface area contributed by atoms with Gasteiger partial charge in [0.25, 0.3) is 0 Å². The van der Waals surface area contributed by atoms with E-state index in [1.165, 1.54) is 0 Å². The highest BCUT2D eigenvalue weighted by molar-refractivity contribution is 7.15. The minimum Gasteiger partial charge on any atom is -0.478 e. The topological polar surface area (TPSA) is 79.7 Å². The predicted octanol–water partition coefficient (Wildman–Crippen LogP) is 4.11. The minimum absolute atomic E-state index is 0.267. The number of hydrogen-bond donors (Lipinski definition) is 1. The number of thiazole rings is 1. The molecule has 0 saturated heterocycles. The molecule has 1 N–H and O–H groups in total. The first kappa shape index (κ1) is 18.4. The number of carboxylic acids is 1. The van der Waals surface area contributed by atoms with Crippen molar-refractivity contribution in [3.05, 3.63) is 39.9 Å². The maximum Gasteiger partial charge on any atom is 0.410 e. The number of rotatable bonds is 2. The van der Waals surface area contributed by atoms with E-state index in [0.717, 1.165) is 26.7 Å². The minimum atomic E-state index is -0.939. The quantitative estimate of drug-likeness (QED) is 0.856. The largest absolute Gasteiger partial charge is 0.478 e. The molecule has 0 atom stereocenters. The number of carbonyl (C=O) groups is 2. The highest BCUT2D eigenvalue weighted by atomic mass is 32.1. The number of hydrogen-bond acceptors (Lipinski definition) is 5. The summed E-state index contributed by atoms with van der Waals surface area (Å²) in [6.45, 7) is 8.53. The molecule has 0 fully saturated rings. The fourth-order valence-corrected chi connectivity index (χ4v) is 4.04. The zero-order chi connectivity index (χ0) is 19.1. The Hall–Kier alpha value is -2.41. The fraction of sp³-hybridized carbons (Fsp3) is 0.421. The second kappa shape index (κ2) is 6.72. The van der Waals surface area contributed by atoms with E-state index in [-0.39, 0.29) is 11.7 Å². The van der Waals surface area contributed by atoms with Gasteiger partial charge < -0.3 is 14.7 Å². The smallest absolute Gasteiger partial charge is 0.410 e. The first-order valence-electron chi connectivity index (χ1n) is 8.45. The van der Waals surface area contributed by atoms with Gasteiger partial charge in [-0.15, -0.1) is 11.3 Å². The number of carboxylic acid groups (broad SMARTS) is 1. The van der Waals surface area contributed by atoms with Crippen LogP contribution in [0.3, 0.4) is 0 Å². The molecule has 1 aliphatic rings. The number of aromatic carboxylic acids is 1. The van der Waals surface area contributed by atoms with Gasteiger partial charge in [0.05, 0.1) is 17.8 Å². The van der Waals surface area contributed by atoms with Crippen molar-refractivity contribution in [3.8, 4) is 10.6 Å². The standard InChI is InChI=1S/C19H22N2O4S/c1-11-9-12(17(22)23)5-6-13(11)16-20-14-7-8-21(10-15(14)26-16)18(24)25-19(2,3)4/h5-6,9H,7-8,10H2,1-4H3,(H,22,23). The average Bonchev–Trinajstić information content (AvgIpc) is 2.95. The summed E-state index contributed by atoms with van der Waals surface area (Å²) >= 11 is 1.55. The van der Waals surface area contributed by atoms with Crippen molar-refractivity contribution >= 4 is 23.4 Å². The first-order chi connectivity index (χ1) is 12.1. The molecule has 3 rings (SSSR count). The monoisotopic (exact) mass is 374 g/mol. The molecule has 1 aromatic heterocycles. The first-order valence-corrected chi connectivity index (χ1v) is 9.26. The lowest BCUT2D eigenvalue weighted by Gasteiger charge is -2.29. The Morgan fingerprint density at radius 2 is 2.04 bits per heavy atom. The molecule has 0 bridgehead atoms. The lowest BCUT2D eigenvalue weighted by atomic mass is 10.1. The SMILES string of the molecule is Cc1cc(C(=O)O)ccc1-c1nc2c(s1)CN(C(=O)OC(C)(C)C)CC2. The zero-order valence-electron chi connectivity index (χ0n) is 15.3. The van der Waals surface area contributed by atoms with Crippen LogP contribution in [-0.4, -0.2) is 39.2 Å². The number of ether oxygens (including phenoxy) is 1. The molecule has 2 heterocycles. The Labute approximate surface area is 156 Å². The van der Waals surface area contributed by atoms with Gasteiger partial charge in [0.15, 0.2) is 0 Å². The molecule has 0 radical (unpaired) electrons. The van der Waals surface area contributed by atoms with Crippen LogP contribution in [0.2, 0.25) is 0 Å². The molecule has 0 unspecified atom stereocenters. The molecule has 7 heteroatoms. The number of fused-ring (bicyclic) bond motifs is 1. The van der Waals surface area contributed by atoms with Crippen LogP contribution in [-0.2, 0) is 17.7 Å². The number of carbonyl (C=O) groups excluding carboxylic acids is 1. The van der Waals surface area contributed by atoms with Gasteiger partial charge in [0.2, 0.25) is 0 Å². The Balaban J connectivity index is 1.82. The van der Waals surface area contributed by atoms with E-state index in [1.807, 2.05) is 27.7 Å². The van der Waals surface area contributed by atoms with Gasteiger partial charge in [-0.3, -0.25) is 0 Å². The molecule has 2 aromatic rings. The summed E-state index contributed by atoms with van der Waals surface area (Å²) < 4.78 is 5.45. The van der Waals surface area contributed by atoms with Crippen LogP contribution in [0.25, 0.3) is 10.6 Å². The summed E-state index contributed by atoms with van der Waals surface area (Å²) in [4.78, 5) is 30.9. The van der Waals surface area contributed by atoms with Crippen molar-refractivity contribution in [3.63, 3.8) is 0 Å². The summed E-state index contributed by atoms with van der Waals surface area (Å²) in [7, 11) is 0. The number of aryl methyl sites for hydroxylation is 1. The van der Waals surface area contributed by atoms with Gasteiger partial charge in [-0.2, -0.15) is 0 Å². The molecule has 6 nitrogen and oxygen atoms in total. The maximum atomic E-state index is 12.3. The van der Waals surface area contributed by atoms with Gasteiger partial charge in [-0.1, -0.05) is 6.07 Å². The predicted molar refractivity (Wildman–Crippen MR) is 99.6 cm³/mol. The van der Waals surface area contributed by atoms with Gasteiger partial charge in [-0.05, 0) is 45.4 Å². The third kappa shape index (κ3) is 3.88. The molecule has 0 saturated carbocycles. The summed E-state index contributed by atoms with van der Waals surface area (Å²) in [5.41, 5.74) is 2.56. The molecule has 1 amide bonds. The van der Waals surface area contributed by atoms with Crippen molar-refractivity contribution < 1.29 is 19.4 Å². The molecule has 1 aromatic carbocycles. The van der Waals surface area contributed by atoms with E-state index < -0.39 is 11.6 Å². The number of aromatic nitrogens is 1. The molecule has 1 aliphatic heterocycles. The summed E-state index contributed by atoms with van der Waals surface area (Å²) in [6.07, 6.45) is 0.386. The van der Waals surface area contributed by atoms with Gasteiger partial charge in [-0.25, -0.2) is 14.6 Å². The molecular weight excluding hydrogens is 352 g/mol. The zero-order valence-corrected chi connectivity index (χ0v) is 16.1. The van der Waals surface area contributed by atoms with E-state index in [2.05, 4.69) is 0 Å². The van der Waals surface area contributed by atoms with Gasteiger partial charge in [0, 0.05) is 23.4 Å². The lowest BCUT2D eigenvalue weighted by Crippen LogP contribution is -2.39. The molecule has 0 spiro atoms. The van der Waals surface area contributed by atoms with Gasteiger partial charge >= 0.3 is 12.1 Å². The summed E-state index contributed by atoms with van der Waals surface area (Å²) in [5, 5.41) is 9.96. The van der Waals surface area contributed by atoms with E-state index in [0.29, 0.717) is 19.5 Å². The van der Waals surface area contributed by atoms with Crippen molar-refractivity contribution in [2.45, 2.75) is 46.3 Å². The lowest BCUT2D eigenvalue weighted by molar-refractivity contribution is 0.0225. The second-order valence-electron chi connectivity index (χ2n) is 7.38. The van der Waals surface area contributed by atoms with Crippen LogP contribution in [0, 0.1) is 6.92 Å². The average molecular weight is 374 g/mol. The van der Waals surface area contributed by atoms with Crippen LogP contribution < -0.4 is 0 Å². The fourth-order valence-electron chi connectivity index (χ4n) is 2.83. The molecular formula is C19H22N2O4S. The van der Waals surface area contributed by atoms with Crippen molar-refractivity contribution in [1.82, 2.24) is 9.88 Å².